The smallest absolute Gasteiger partial charge is 0.236 e. The number of anilines is 1. The molecule has 1 N–H and O–H groups in total. The van der Waals surface area contributed by atoms with Crippen LogP contribution in [0.5, 0.6) is 0 Å². The standard InChI is InChI=1S/C17H17N3OS3/c1-10-4-5-13(6-11(10)2)14-8-22-16(19-14)20-15(21)9-24-17-18-12(3)7-23-17/h4-8H,9H2,1-3H3,(H,19,20,21). The van der Waals surface area contributed by atoms with Gasteiger partial charge >= 0.3 is 0 Å². The molecule has 0 saturated carbocycles. The quantitative estimate of drug-likeness (QED) is 0.643. The Morgan fingerprint density at radius 2 is 1.96 bits per heavy atom. The molecule has 0 aliphatic rings. The molecule has 0 atom stereocenters. The maximum Gasteiger partial charge on any atom is 0.236 e. The topological polar surface area (TPSA) is 54.9 Å². The molecule has 2 aromatic heterocycles. The van der Waals surface area contributed by atoms with E-state index in [0.717, 1.165) is 21.3 Å². The summed E-state index contributed by atoms with van der Waals surface area (Å²) in [5, 5.41) is 7.44. The fourth-order valence-corrected chi connectivity index (χ4v) is 4.43. The minimum Gasteiger partial charge on any atom is -0.301 e. The molecular weight excluding hydrogens is 358 g/mol. The fourth-order valence-electron chi connectivity index (χ4n) is 2.05. The van der Waals surface area contributed by atoms with Gasteiger partial charge in [-0.3, -0.25) is 4.79 Å². The van der Waals surface area contributed by atoms with Gasteiger partial charge in [0.25, 0.3) is 0 Å². The van der Waals surface area contributed by atoms with Crippen LogP contribution in [0.1, 0.15) is 16.8 Å². The number of rotatable bonds is 5. The minimum absolute atomic E-state index is 0.0613. The number of aromatic nitrogens is 2. The van der Waals surface area contributed by atoms with Crippen molar-refractivity contribution in [2.45, 2.75) is 25.1 Å². The van der Waals surface area contributed by atoms with Crippen LogP contribution in [0, 0.1) is 20.8 Å². The van der Waals surface area contributed by atoms with Gasteiger partial charge in [0, 0.05) is 22.0 Å². The van der Waals surface area contributed by atoms with Crippen LogP contribution in [0.15, 0.2) is 33.3 Å². The van der Waals surface area contributed by atoms with Gasteiger partial charge in [-0.2, -0.15) is 0 Å². The number of hydrogen-bond donors (Lipinski definition) is 1. The second-order valence-electron chi connectivity index (χ2n) is 5.43. The first-order valence-electron chi connectivity index (χ1n) is 7.39. The summed E-state index contributed by atoms with van der Waals surface area (Å²) in [4.78, 5) is 20.9. The van der Waals surface area contributed by atoms with Crippen LogP contribution in [0.2, 0.25) is 0 Å². The average molecular weight is 376 g/mol. The van der Waals surface area contributed by atoms with Crippen molar-refractivity contribution in [3.05, 3.63) is 45.8 Å². The Kier molecular flexibility index (Phi) is 5.33. The van der Waals surface area contributed by atoms with E-state index in [-0.39, 0.29) is 5.91 Å². The molecule has 4 nitrogen and oxygen atoms in total. The van der Waals surface area contributed by atoms with Gasteiger partial charge in [0.15, 0.2) is 9.47 Å². The molecular formula is C17H17N3OS3. The molecule has 0 aliphatic carbocycles. The summed E-state index contributed by atoms with van der Waals surface area (Å²) in [7, 11) is 0. The number of thioether (sulfide) groups is 1. The van der Waals surface area contributed by atoms with E-state index in [1.807, 2.05) is 17.7 Å². The molecule has 2 heterocycles. The number of hydrogen-bond acceptors (Lipinski definition) is 6. The highest BCUT2D eigenvalue weighted by Crippen LogP contribution is 2.27. The van der Waals surface area contributed by atoms with Crippen molar-refractivity contribution < 1.29 is 4.79 Å². The molecule has 0 unspecified atom stereocenters. The van der Waals surface area contributed by atoms with Crippen molar-refractivity contribution in [1.29, 1.82) is 0 Å². The number of carbonyl (C=O) groups is 1. The molecule has 3 aromatic rings. The van der Waals surface area contributed by atoms with E-state index in [1.54, 1.807) is 11.3 Å². The first-order chi connectivity index (χ1) is 11.5. The van der Waals surface area contributed by atoms with Crippen molar-refractivity contribution in [3.8, 4) is 11.3 Å². The molecule has 0 fully saturated rings. The van der Waals surface area contributed by atoms with Crippen LogP contribution >= 0.6 is 34.4 Å². The van der Waals surface area contributed by atoms with Crippen LogP contribution in [0.25, 0.3) is 11.3 Å². The Hall–Kier alpha value is -1.70. The van der Waals surface area contributed by atoms with Crippen molar-refractivity contribution in [3.63, 3.8) is 0 Å². The van der Waals surface area contributed by atoms with Crippen LogP contribution in [-0.4, -0.2) is 21.6 Å². The molecule has 7 heteroatoms. The Bertz CT molecular complexity index is 870. The van der Waals surface area contributed by atoms with Crippen LogP contribution in [0.4, 0.5) is 5.13 Å². The normalized spacial score (nSPS) is 10.8. The van der Waals surface area contributed by atoms with E-state index in [1.165, 1.54) is 34.2 Å². The molecule has 1 aromatic carbocycles. The number of carbonyl (C=O) groups excluding carboxylic acids is 1. The van der Waals surface area contributed by atoms with E-state index < -0.39 is 0 Å². The average Bonchev–Trinajstić information content (AvgIpc) is 3.17. The van der Waals surface area contributed by atoms with E-state index >= 15 is 0 Å². The minimum atomic E-state index is -0.0613. The number of benzene rings is 1. The zero-order valence-corrected chi connectivity index (χ0v) is 16.1. The molecule has 0 bridgehead atoms. The van der Waals surface area contributed by atoms with Gasteiger partial charge < -0.3 is 5.32 Å². The SMILES string of the molecule is Cc1csc(SCC(=O)Nc2nc(-c3ccc(C)c(C)c3)cs2)n1. The van der Waals surface area contributed by atoms with Crippen LogP contribution < -0.4 is 5.32 Å². The summed E-state index contributed by atoms with van der Waals surface area (Å²) in [6.07, 6.45) is 0. The number of nitrogens with one attached hydrogen (secondary N) is 1. The van der Waals surface area contributed by atoms with Crippen molar-refractivity contribution in [1.82, 2.24) is 9.97 Å². The summed E-state index contributed by atoms with van der Waals surface area (Å²) in [5.74, 6) is 0.278. The highest BCUT2D eigenvalue weighted by Gasteiger charge is 2.10. The number of thiazole rings is 2. The first-order valence-corrected chi connectivity index (χ1v) is 10.1. The number of amides is 1. The van der Waals surface area contributed by atoms with Gasteiger partial charge in [0.2, 0.25) is 5.91 Å². The Morgan fingerprint density at radius 1 is 1.12 bits per heavy atom. The Morgan fingerprint density at radius 3 is 2.67 bits per heavy atom. The summed E-state index contributed by atoms with van der Waals surface area (Å²) >= 11 is 4.45. The third-order valence-electron chi connectivity index (χ3n) is 3.48. The lowest BCUT2D eigenvalue weighted by atomic mass is 10.1. The van der Waals surface area contributed by atoms with E-state index in [2.05, 4.69) is 47.3 Å². The highest BCUT2D eigenvalue weighted by molar-refractivity contribution is 8.01. The van der Waals surface area contributed by atoms with Crippen LogP contribution in [0.3, 0.4) is 0 Å². The summed E-state index contributed by atoms with van der Waals surface area (Å²) < 4.78 is 0.914. The summed E-state index contributed by atoms with van der Waals surface area (Å²) in [6, 6.07) is 6.27. The van der Waals surface area contributed by atoms with Crippen LogP contribution in [-0.2, 0) is 4.79 Å². The van der Waals surface area contributed by atoms with E-state index in [9.17, 15) is 4.79 Å². The molecule has 0 radical (unpaired) electrons. The predicted octanol–water partition coefficient (Wildman–Crippen LogP) is 4.92. The predicted molar refractivity (Wildman–Crippen MR) is 103 cm³/mol. The van der Waals surface area contributed by atoms with E-state index in [4.69, 9.17) is 0 Å². The third-order valence-corrected chi connectivity index (χ3v) is 6.37. The monoisotopic (exact) mass is 375 g/mol. The fraction of sp³-hybridized carbons (Fsp3) is 0.235. The van der Waals surface area contributed by atoms with Crippen molar-refractivity contribution >= 4 is 45.5 Å². The molecule has 3 rings (SSSR count). The Balaban J connectivity index is 1.60. The molecule has 24 heavy (non-hydrogen) atoms. The summed E-state index contributed by atoms with van der Waals surface area (Å²) in [5.41, 5.74) is 5.45. The zero-order valence-electron chi connectivity index (χ0n) is 13.6. The lowest BCUT2D eigenvalue weighted by Crippen LogP contribution is -2.13. The summed E-state index contributed by atoms with van der Waals surface area (Å²) in [6.45, 7) is 6.13. The van der Waals surface area contributed by atoms with Crippen molar-refractivity contribution in [2.75, 3.05) is 11.1 Å². The second kappa shape index (κ2) is 7.46. The largest absolute Gasteiger partial charge is 0.301 e. The zero-order chi connectivity index (χ0) is 17.1. The number of aryl methyl sites for hydroxylation is 3. The first kappa shape index (κ1) is 17.1. The maximum absolute atomic E-state index is 12.0. The van der Waals surface area contributed by atoms with Gasteiger partial charge in [0.1, 0.15) is 0 Å². The lowest BCUT2D eigenvalue weighted by Gasteiger charge is -2.02. The van der Waals surface area contributed by atoms with E-state index in [0.29, 0.717) is 10.9 Å². The molecule has 0 aliphatic heterocycles. The molecule has 0 saturated heterocycles. The Labute approximate surface area is 153 Å². The van der Waals surface area contributed by atoms with Gasteiger partial charge in [-0.1, -0.05) is 23.9 Å². The highest BCUT2D eigenvalue weighted by atomic mass is 32.2. The molecule has 124 valence electrons. The van der Waals surface area contributed by atoms with Gasteiger partial charge in [-0.15, -0.1) is 22.7 Å². The third kappa shape index (κ3) is 4.23. The lowest BCUT2D eigenvalue weighted by molar-refractivity contribution is -0.113. The molecule has 0 spiro atoms. The van der Waals surface area contributed by atoms with Crippen molar-refractivity contribution in [2.24, 2.45) is 0 Å². The number of nitrogens with zero attached hydrogens (tertiary/aromatic N) is 2. The van der Waals surface area contributed by atoms with Gasteiger partial charge in [-0.05, 0) is 38.0 Å². The maximum atomic E-state index is 12.0. The van der Waals surface area contributed by atoms with Gasteiger partial charge in [-0.25, -0.2) is 9.97 Å². The second-order valence-corrected chi connectivity index (χ2v) is 8.37. The molecule has 1 amide bonds. The van der Waals surface area contributed by atoms with Gasteiger partial charge in [0.05, 0.1) is 11.4 Å².